The molecule has 3 amide bonds. The van der Waals surface area contributed by atoms with Crippen molar-refractivity contribution in [1.29, 1.82) is 0 Å². The van der Waals surface area contributed by atoms with Crippen molar-refractivity contribution in [3.63, 3.8) is 0 Å². The molecule has 0 spiro atoms. The fourth-order valence-corrected chi connectivity index (χ4v) is 5.16. The third-order valence-electron chi connectivity index (χ3n) is 7.32. The lowest BCUT2D eigenvalue weighted by Crippen LogP contribution is -2.51. The molecule has 8 nitrogen and oxygen atoms in total. The fourth-order valence-electron chi connectivity index (χ4n) is 5.16. The minimum Gasteiger partial charge on any atom is -0.496 e. The number of terminal acetylenes is 1. The van der Waals surface area contributed by atoms with Crippen LogP contribution in [0.1, 0.15) is 55.4 Å². The van der Waals surface area contributed by atoms with Crippen LogP contribution in [0.5, 0.6) is 5.75 Å². The lowest BCUT2D eigenvalue weighted by molar-refractivity contribution is -0.125. The van der Waals surface area contributed by atoms with E-state index in [1.165, 1.54) is 7.11 Å². The van der Waals surface area contributed by atoms with Crippen molar-refractivity contribution < 1.29 is 27.9 Å². The van der Waals surface area contributed by atoms with Crippen LogP contribution in [0.25, 0.3) is 10.9 Å². The topological polar surface area (TPSA) is 112 Å². The summed E-state index contributed by atoms with van der Waals surface area (Å²) in [5.74, 6) is -1.13. The Morgan fingerprint density at radius 1 is 1.22 bits per heavy atom. The first-order chi connectivity index (χ1) is 17.7. The van der Waals surface area contributed by atoms with Crippen molar-refractivity contribution in [2.24, 2.45) is 11.8 Å². The summed E-state index contributed by atoms with van der Waals surface area (Å²) in [7, 11) is 1.53. The highest BCUT2D eigenvalue weighted by Gasteiger charge is 2.37. The Labute approximate surface area is 214 Å². The Morgan fingerprint density at radius 3 is 2.62 bits per heavy atom. The Morgan fingerprint density at radius 2 is 1.97 bits per heavy atom. The Bertz CT molecular complexity index is 1190. The van der Waals surface area contributed by atoms with Crippen molar-refractivity contribution in [2.45, 2.75) is 63.0 Å². The Kier molecular flexibility index (Phi) is 8.00. The number of nitrogens with one attached hydrogen (secondary N) is 4. The molecular formula is C27H32F2N4O4. The number of ether oxygens (including phenoxy) is 1. The smallest absolute Gasteiger partial charge is 0.268 e. The summed E-state index contributed by atoms with van der Waals surface area (Å²) in [6, 6.07) is 5.33. The van der Waals surface area contributed by atoms with Crippen LogP contribution in [0.15, 0.2) is 24.3 Å². The van der Waals surface area contributed by atoms with Crippen molar-refractivity contribution in [3.05, 3.63) is 30.0 Å². The summed E-state index contributed by atoms with van der Waals surface area (Å²) in [6.45, 7) is 0.565. The molecule has 1 aliphatic carbocycles. The number of hydrogen-bond acceptors (Lipinski definition) is 4. The molecule has 1 aromatic heterocycles. The number of H-pyrrole nitrogens is 1. The van der Waals surface area contributed by atoms with E-state index in [0.717, 1.165) is 0 Å². The van der Waals surface area contributed by atoms with Crippen LogP contribution in [0.2, 0.25) is 0 Å². The first-order valence-corrected chi connectivity index (χ1v) is 12.6. The fraction of sp³-hybridized carbons (Fsp3) is 0.519. The second-order valence-electron chi connectivity index (χ2n) is 9.91. The second-order valence-corrected chi connectivity index (χ2v) is 9.91. The molecule has 37 heavy (non-hydrogen) atoms. The molecule has 2 aromatic rings. The van der Waals surface area contributed by atoms with Gasteiger partial charge in [-0.1, -0.05) is 12.0 Å². The number of carbonyl (C=O) groups is 3. The van der Waals surface area contributed by atoms with Gasteiger partial charge in [0.2, 0.25) is 17.7 Å². The van der Waals surface area contributed by atoms with Crippen molar-refractivity contribution in [2.75, 3.05) is 13.7 Å². The number of fused-ring (bicyclic) bond motifs is 1. The molecular weight excluding hydrogens is 482 g/mol. The molecule has 10 heteroatoms. The van der Waals surface area contributed by atoms with E-state index < -0.39 is 29.8 Å². The van der Waals surface area contributed by atoms with Gasteiger partial charge in [-0.2, -0.15) is 0 Å². The molecule has 4 rings (SSSR count). The van der Waals surface area contributed by atoms with Crippen molar-refractivity contribution >= 4 is 28.6 Å². The average Bonchev–Trinajstić information content (AvgIpc) is 3.50. The maximum atomic E-state index is 13.7. The van der Waals surface area contributed by atoms with Gasteiger partial charge in [0.05, 0.1) is 13.2 Å². The van der Waals surface area contributed by atoms with Crippen LogP contribution in [-0.4, -0.2) is 54.4 Å². The third-order valence-corrected chi connectivity index (χ3v) is 7.32. The summed E-state index contributed by atoms with van der Waals surface area (Å²) >= 11 is 0. The number of methoxy groups -OCH3 is 1. The third kappa shape index (κ3) is 6.40. The zero-order valence-electron chi connectivity index (χ0n) is 20.7. The first kappa shape index (κ1) is 26.5. The van der Waals surface area contributed by atoms with Gasteiger partial charge in [0.25, 0.3) is 5.91 Å². The number of alkyl halides is 2. The highest BCUT2D eigenvalue weighted by Crippen LogP contribution is 2.38. The molecule has 1 saturated heterocycles. The van der Waals surface area contributed by atoms with Gasteiger partial charge in [0.1, 0.15) is 17.5 Å². The highest BCUT2D eigenvalue weighted by atomic mass is 19.3. The molecule has 4 N–H and O–H groups in total. The summed E-state index contributed by atoms with van der Waals surface area (Å²) < 4.78 is 32.7. The number of rotatable bonds is 9. The van der Waals surface area contributed by atoms with Crippen LogP contribution in [-0.2, 0) is 9.59 Å². The standard InChI is InChI=1S/C27H32F2N4O4/c1-3-18(14-17-9-12-30-24(17)34)31-25(35)21(13-16-7-10-27(28,29)11-8-16)33-26(36)22-15-19-20(32-22)5-4-6-23(19)37-2/h1,4-6,15-18,21,32H,7-14H2,2H3,(H,30,34)(H,31,35)(H,33,36). The maximum absolute atomic E-state index is 13.7. The first-order valence-electron chi connectivity index (χ1n) is 12.6. The van der Waals surface area contributed by atoms with Crippen LogP contribution >= 0.6 is 0 Å². The Hall–Kier alpha value is -3.61. The van der Waals surface area contributed by atoms with Gasteiger partial charge in [0, 0.05) is 36.2 Å². The van der Waals surface area contributed by atoms with E-state index in [0.29, 0.717) is 29.6 Å². The van der Waals surface area contributed by atoms with Gasteiger partial charge in [-0.15, -0.1) is 6.42 Å². The molecule has 1 aromatic carbocycles. The molecule has 1 aliphatic heterocycles. The van der Waals surface area contributed by atoms with E-state index >= 15 is 0 Å². The van der Waals surface area contributed by atoms with E-state index in [-0.39, 0.29) is 62.0 Å². The number of halogens is 2. The zero-order valence-corrected chi connectivity index (χ0v) is 20.7. The highest BCUT2D eigenvalue weighted by molar-refractivity contribution is 6.01. The Balaban J connectivity index is 1.49. The van der Waals surface area contributed by atoms with Crippen LogP contribution in [0.3, 0.4) is 0 Å². The maximum Gasteiger partial charge on any atom is 0.268 e. The van der Waals surface area contributed by atoms with Crippen molar-refractivity contribution in [1.82, 2.24) is 20.9 Å². The SMILES string of the molecule is C#CC(CC1CCNC1=O)NC(=O)C(CC1CCC(F)(F)CC1)NC(=O)c1cc2c(OC)cccc2[nH]1. The summed E-state index contributed by atoms with van der Waals surface area (Å²) in [5, 5.41) is 9.01. The quantitative estimate of drug-likeness (QED) is 0.385. The van der Waals surface area contributed by atoms with E-state index in [9.17, 15) is 23.2 Å². The molecule has 2 fully saturated rings. The molecule has 2 aliphatic rings. The molecule has 1 saturated carbocycles. The van der Waals surface area contributed by atoms with Gasteiger partial charge in [0.15, 0.2) is 0 Å². The van der Waals surface area contributed by atoms with Gasteiger partial charge < -0.3 is 25.7 Å². The predicted octanol–water partition coefficient (Wildman–Crippen LogP) is 3.13. The lowest BCUT2D eigenvalue weighted by Gasteiger charge is -2.31. The van der Waals surface area contributed by atoms with Crippen LogP contribution in [0, 0.1) is 24.2 Å². The number of aromatic amines is 1. The molecule has 3 unspecified atom stereocenters. The summed E-state index contributed by atoms with van der Waals surface area (Å²) in [5.41, 5.74) is 0.936. The van der Waals surface area contributed by atoms with E-state index in [2.05, 4.69) is 26.9 Å². The number of aromatic nitrogens is 1. The molecule has 3 atom stereocenters. The largest absolute Gasteiger partial charge is 0.496 e. The number of amides is 3. The molecule has 198 valence electrons. The van der Waals surface area contributed by atoms with Crippen LogP contribution in [0.4, 0.5) is 8.78 Å². The number of carbonyl (C=O) groups excluding carboxylic acids is 3. The average molecular weight is 515 g/mol. The van der Waals surface area contributed by atoms with Gasteiger partial charge in [-0.05, 0) is 56.2 Å². The van der Waals surface area contributed by atoms with Gasteiger partial charge in [-0.25, -0.2) is 8.78 Å². The molecule has 2 heterocycles. The minimum atomic E-state index is -2.70. The summed E-state index contributed by atoms with van der Waals surface area (Å²) in [4.78, 5) is 41.5. The minimum absolute atomic E-state index is 0.100. The zero-order chi connectivity index (χ0) is 26.6. The predicted molar refractivity (Wildman–Crippen MR) is 134 cm³/mol. The molecule has 0 radical (unpaired) electrons. The van der Waals surface area contributed by atoms with Gasteiger partial charge in [-0.3, -0.25) is 14.4 Å². The lowest BCUT2D eigenvalue weighted by atomic mass is 9.82. The van der Waals surface area contributed by atoms with Crippen LogP contribution < -0.4 is 20.7 Å². The number of hydrogen-bond donors (Lipinski definition) is 4. The van der Waals surface area contributed by atoms with E-state index in [4.69, 9.17) is 11.2 Å². The normalized spacial score (nSPS) is 21.0. The number of benzene rings is 1. The van der Waals surface area contributed by atoms with Gasteiger partial charge >= 0.3 is 0 Å². The van der Waals surface area contributed by atoms with E-state index in [1.54, 1.807) is 24.3 Å². The van der Waals surface area contributed by atoms with Crippen molar-refractivity contribution in [3.8, 4) is 18.1 Å². The monoisotopic (exact) mass is 514 g/mol. The second kappa shape index (κ2) is 11.2. The van der Waals surface area contributed by atoms with E-state index in [1.807, 2.05) is 0 Å². The molecule has 0 bridgehead atoms. The summed E-state index contributed by atoms with van der Waals surface area (Å²) in [6.07, 6.45) is 6.79.